The normalized spacial score (nSPS) is 20.8. The first-order valence-electron chi connectivity index (χ1n) is 16.0. The molecule has 3 aliphatic rings. The zero-order chi connectivity index (χ0) is 29.6. The van der Waals surface area contributed by atoms with E-state index in [-0.39, 0.29) is 5.41 Å². The van der Waals surface area contributed by atoms with Gasteiger partial charge >= 0.3 is 259 Å². The average molecular weight is 715 g/mol. The molecule has 1 saturated heterocycles. The molecule has 1 heteroatoms. The summed E-state index contributed by atoms with van der Waals surface area (Å²) in [5.74, 6) is 0. The van der Waals surface area contributed by atoms with Crippen LogP contribution >= 0.6 is 0 Å². The van der Waals surface area contributed by atoms with Crippen LogP contribution in [0.5, 0.6) is 0 Å². The number of rotatable bonds is 4. The fourth-order valence-corrected chi connectivity index (χ4v) is 26.3. The van der Waals surface area contributed by atoms with Gasteiger partial charge in [-0.3, -0.25) is 0 Å². The van der Waals surface area contributed by atoms with Gasteiger partial charge in [-0.05, 0) is 0 Å². The standard InChI is InChI=1S/C39H38.2CH3.Hf/c1-7-39(8-2,31-21-29-11-9-13-33(37(29)23-31)35-19-25(3)15-17-27(35)5)32-22-30-12-10-14-34(38(30)24-32)36-20-26(4)16-18-28(36)6;;;/h9-24H,7-8H2,1-6H3;2*1H3;. The van der Waals surface area contributed by atoms with Gasteiger partial charge in [-0.2, -0.15) is 0 Å². The third-order valence-electron chi connectivity index (χ3n) is 11.3. The molecule has 2 aliphatic carbocycles. The summed E-state index contributed by atoms with van der Waals surface area (Å²) in [7, 11) is 0. The third-order valence-corrected chi connectivity index (χ3v) is 26.5. The van der Waals surface area contributed by atoms with Crippen molar-refractivity contribution in [1.29, 1.82) is 0 Å². The zero-order valence-corrected chi connectivity index (χ0v) is 30.2. The second-order valence-electron chi connectivity index (χ2n) is 13.9. The summed E-state index contributed by atoms with van der Waals surface area (Å²) in [6.45, 7) is 13.9. The summed E-state index contributed by atoms with van der Waals surface area (Å²) < 4.78 is 6.79. The molecule has 0 nitrogen and oxygen atoms in total. The van der Waals surface area contributed by atoms with Gasteiger partial charge in [-0.1, -0.05) is 0 Å². The van der Waals surface area contributed by atoms with Gasteiger partial charge in [-0.25, -0.2) is 0 Å². The van der Waals surface area contributed by atoms with Crippen LogP contribution in [0.15, 0.2) is 83.9 Å². The van der Waals surface area contributed by atoms with E-state index in [2.05, 4.69) is 136 Å². The monoisotopic (exact) mass is 716 g/mol. The van der Waals surface area contributed by atoms with Gasteiger partial charge in [0.1, 0.15) is 0 Å². The van der Waals surface area contributed by atoms with Crippen molar-refractivity contribution in [2.45, 2.75) is 71.1 Å². The molecular weight excluding hydrogens is 671 g/mol. The molecule has 7 rings (SSSR count). The summed E-state index contributed by atoms with van der Waals surface area (Å²) in [4.78, 5) is 0. The first-order valence-corrected chi connectivity index (χ1v) is 27.3. The molecule has 0 saturated carbocycles. The van der Waals surface area contributed by atoms with E-state index in [1.807, 2.05) is 0 Å². The van der Waals surface area contributed by atoms with Gasteiger partial charge in [-0.15, -0.1) is 0 Å². The Labute approximate surface area is 257 Å². The molecule has 4 aromatic rings. The molecule has 0 radical (unpaired) electrons. The quantitative estimate of drug-likeness (QED) is 0.185. The number of fused-ring (bicyclic) bond motifs is 6. The molecule has 0 N–H and O–H groups in total. The molecule has 1 aliphatic heterocycles. The van der Waals surface area contributed by atoms with E-state index in [0.717, 1.165) is 12.8 Å². The summed E-state index contributed by atoms with van der Waals surface area (Å²) in [6.07, 6.45) is 7.71. The predicted octanol–water partition coefficient (Wildman–Crippen LogP) is 11.9. The van der Waals surface area contributed by atoms with Crippen molar-refractivity contribution in [3.63, 3.8) is 0 Å². The van der Waals surface area contributed by atoms with Crippen molar-refractivity contribution in [3.05, 3.63) is 128 Å². The van der Waals surface area contributed by atoms with Crippen LogP contribution in [0.4, 0.5) is 0 Å². The molecule has 2 unspecified atom stereocenters. The van der Waals surface area contributed by atoms with Crippen LogP contribution in [-0.2, 0) is 20.0 Å². The minimum absolute atomic E-state index is 0.112. The summed E-state index contributed by atoms with van der Waals surface area (Å²) >= 11 is -3.08. The number of hydrogen-bond acceptors (Lipinski definition) is 0. The summed E-state index contributed by atoms with van der Waals surface area (Å²) in [5, 5.41) is 0. The van der Waals surface area contributed by atoms with Crippen LogP contribution in [-0.4, -0.2) is 0 Å². The molecule has 4 aromatic carbocycles. The Morgan fingerprint density at radius 2 is 1.00 bits per heavy atom. The van der Waals surface area contributed by atoms with Gasteiger partial charge in [0, 0.05) is 0 Å². The minimum atomic E-state index is -3.08. The van der Waals surface area contributed by atoms with E-state index in [4.69, 9.17) is 0 Å². The Kier molecular flexibility index (Phi) is 6.59. The van der Waals surface area contributed by atoms with Crippen LogP contribution in [0.2, 0.25) is 9.36 Å². The Bertz CT molecular complexity index is 1700. The molecule has 42 heavy (non-hydrogen) atoms. The van der Waals surface area contributed by atoms with Gasteiger partial charge in [0.25, 0.3) is 0 Å². The number of hydrogen-bond donors (Lipinski definition) is 0. The number of allylic oxidation sites excluding steroid dienone is 2. The zero-order valence-electron chi connectivity index (χ0n) is 26.7. The molecule has 212 valence electrons. The van der Waals surface area contributed by atoms with Crippen molar-refractivity contribution in [2.24, 2.45) is 5.41 Å². The van der Waals surface area contributed by atoms with Crippen LogP contribution in [0.1, 0.15) is 78.5 Å². The maximum atomic E-state index is 2.78. The van der Waals surface area contributed by atoms with Crippen molar-refractivity contribution in [1.82, 2.24) is 0 Å². The number of benzene rings is 4. The average Bonchev–Trinajstić information content (AvgIpc) is 3.58. The fourth-order valence-electron chi connectivity index (χ4n) is 9.16. The molecular formula is C41H44Hf. The fraction of sp³-hybridized carbons (Fsp3) is 0.317. The van der Waals surface area contributed by atoms with E-state index < -0.39 is 20.0 Å². The molecule has 1 fully saturated rings. The number of aryl methyl sites for hydroxylation is 4. The maximum absolute atomic E-state index is 3.08. The Morgan fingerprint density at radius 1 is 0.571 bits per heavy atom. The molecule has 1 heterocycles. The Morgan fingerprint density at radius 3 is 1.40 bits per heavy atom. The molecule has 2 atom stereocenters. The van der Waals surface area contributed by atoms with Crippen molar-refractivity contribution < 1.29 is 20.0 Å². The van der Waals surface area contributed by atoms with E-state index >= 15 is 0 Å². The molecule has 0 amide bonds. The topological polar surface area (TPSA) is 0 Å². The Balaban J connectivity index is 1.48. The van der Waals surface area contributed by atoms with Crippen LogP contribution in [0.25, 0.3) is 34.4 Å². The summed E-state index contributed by atoms with van der Waals surface area (Å²) in [6, 6.07) is 28.3. The predicted molar refractivity (Wildman–Crippen MR) is 179 cm³/mol. The van der Waals surface area contributed by atoms with E-state index in [1.165, 1.54) is 55.6 Å². The molecule has 0 aromatic heterocycles. The van der Waals surface area contributed by atoms with Crippen LogP contribution < -0.4 is 0 Å². The van der Waals surface area contributed by atoms with Crippen LogP contribution in [0.3, 0.4) is 0 Å². The molecule has 0 bridgehead atoms. The van der Waals surface area contributed by atoms with Gasteiger partial charge in [0.05, 0.1) is 0 Å². The van der Waals surface area contributed by atoms with Gasteiger partial charge in [0.15, 0.2) is 0 Å². The van der Waals surface area contributed by atoms with E-state index in [1.54, 1.807) is 22.3 Å². The third kappa shape index (κ3) is 3.81. The molecule has 0 spiro atoms. The second kappa shape index (κ2) is 9.88. The van der Waals surface area contributed by atoms with Crippen LogP contribution in [0, 0.1) is 33.1 Å². The Hall–Kier alpha value is -2.77. The second-order valence-corrected chi connectivity index (χ2v) is 31.2. The first-order chi connectivity index (χ1) is 20.1. The van der Waals surface area contributed by atoms with E-state index in [0.29, 0.717) is 7.35 Å². The summed E-state index contributed by atoms with van der Waals surface area (Å²) in [5.41, 5.74) is 20.9. The van der Waals surface area contributed by atoms with Crippen molar-refractivity contribution in [3.8, 4) is 22.3 Å². The first kappa shape index (κ1) is 28.0. The van der Waals surface area contributed by atoms with Gasteiger partial charge < -0.3 is 0 Å². The van der Waals surface area contributed by atoms with Crippen molar-refractivity contribution in [2.75, 3.05) is 0 Å². The van der Waals surface area contributed by atoms with E-state index in [9.17, 15) is 0 Å². The van der Waals surface area contributed by atoms with Crippen molar-refractivity contribution >= 4 is 12.2 Å². The van der Waals surface area contributed by atoms with Gasteiger partial charge in [0.2, 0.25) is 0 Å². The SMILES string of the molecule is CCC1(CC)C2=Cc3c(-c4cc(C)ccc4C)cccc3[CH]2[Hf]([CH3])([CH3])[CH]2C1=Cc1c(-c3cc(C)ccc3C)cccc12.